The number of esters is 1. The first-order chi connectivity index (χ1) is 20.7. The molecule has 0 unspecified atom stereocenters. The van der Waals surface area contributed by atoms with E-state index >= 15 is 0 Å². The standard InChI is InChI=1S/C40H46O2Si/c1-31(2)43(32(3)4,33(5)6)30-18-10-17-25-39(41)42-38-28-26-37(27-29-38)40(34-19-11-7-12-20-34,35-21-13-8-14-22-35)36-23-15-9-16-24-36/h7-9,11-16,19-24,26-29,31-33H,10,17,25H2,1-6H3. The molecule has 4 aromatic carbocycles. The van der Waals surface area contributed by atoms with Crippen molar-refractivity contribution in [2.24, 2.45) is 0 Å². The Morgan fingerprint density at radius 3 is 1.42 bits per heavy atom. The average Bonchev–Trinajstić information content (AvgIpc) is 3.01. The van der Waals surface area contributed by atoms with Crippen molar-refractivity contribution in [3.8, 4) is 17.2 Å². The van der Waals surface area contributed by atoms with Crippen molar-refractivity contribution in [3.05, 3.63) is 138 Å². The number of benzene rings is 4. The van der Waals surface area contributed by atoms with E-state index in [1.165, 1.54) is 16.7 Å². The van der Waals surface area contributed by atoms with Crippen molar-refractivity contribution in [2.45, 2.75) is 82.8 Å². The molecule has 0 atom stereocenters. The van der Waals surface area contributed by atoms with Crippen molar-refractivity contribution < 1.29 is 9.53 Å². The van der Waals surface area contributed by atoms with Gasteiger partial charge in [-0.3, -0.25) is 4.79 Å². The number of ether oxygens (including phenoxy) is 1. The third-order valence-corrected chi connectivity index (χ3v) is 15.3. The molecule has 0 aliphatic heterocycles. The molecule has 0 bridgehead atoms. The maximum absolute atomic E-state index is 12.8. The average molecular weight is 587 g/mol. The number of unbranched alkanes of at least 4 members (excludes halogenated alkanes) is 1. The maximum atomic E-state index is 12.8. The van der Waals surface area contributed by atoms with Crippen LogP contribution in [0.3, 0.4) is 0 Å². The summed E-state index contributed by atoms with van der Waals surface area (Å²) in [6.45, 7) is 14.0. The highest BCUT2D eigenvalue weighted by Crippen LogP contribution is 2.45. The molecule has 43 heavy (non-hydrogen) atoms. The molecule has 0 fully saturated rings. The van der Waals surface area contributed by atoms with Gasteiger partial charge in [-0.2, -0.15) is 0 Å². The number of carbonyl (C=O) groups is 1. The van der Waals surface area contributed by atoms with Gasteiger partial charge in [0, 0.05) is 12.8 Å². The second-order valence-corrected chi connectivity index (χ2v) is 18.0. The first-order valence-corrected chi connectivity index (χ1v) is 17.9. The predicted octanol–water partition coefficient (Wildman–Crippen LogP) is 10.4. The molecule has 4 aromatic rings. The maximum Gasteiger partial charge on any atom is 0.311 e. The Morgan fingerprint density at radius 1 is 0.628 bits per heavy atom. The molecular formula is C40H46O2Si. The van der Waals surface area contributed by atoms with Gasteiger partial charge in [-0.05, 0) is 57.4 Å². The topological polar surface area (TPSA) is 26.3 Å². The Morgan fingerprint density at radius 2 is 1.02 bits per heavy atom. The van der Waals surface area contributed by atoms with Crippen molar-refractivity contribution in [1.82, 2.24) is 0 Å². The molecule has 0 aromatic heterocycles. The van der Waals surface area contributed by atoms with Crippen LogP contribution in [0.2, 0.25) is 16.6 Å². The van der Waals surface area contributed by atoms with Crippen LogP contribution in [0.1, 0.15) is 83.1 Å². The van der Waals surface area contributed by atoms with E-state index in [9.17, 15) is 4.79 Å². The van der Waals surface area contributed by atoms with Crippen molar-refractivity contribution in [3.63, 3.8) is 0 Å². The summed E-state index contributed by atoms with van der Waals surface area (Å²) in [7, 11) is -1.74. The Balaban J connectivity index is 1.54. The smallest absolute Gasteiger partial charge is 0.311 e. The summed E-state index contributed by atoms with van der Waals surface area (Å²) in [5.41, 5.74) is 9.70. The highest BCUT2D eigenvalue weighted by molar-refractivity contribution is 6.90. The fraction of sp³-hybridized carbons (Fsp3) is 0.325. The van der Waals surface area contributed by atoms with E-state index in [0.29, 0.717) is 35.2 Å². The van der Waals surface area contributed by atoms with E-state index in [1.807, 2.05) is 12.1 Å². The molecule has 0 heterocycles. The summed E-state index contributed by atoms with van der Waals surface area (Å²) in [4.78, 5) is 12.8. The summed E-state index contributed by atoms with van der Waals surface area (Å²) in [5, 5.41) is 0. The zero-order valence-electron chi connectivity index (χ0n) is 26.6. The minimum Gasteiger partial charge on any atom is -0.427 e. The predicted molar refractivity (Wildman–Crippen MR) is 183 cm³/mol. The van der Waals surface area contributed by atoms with Gasteiger partial charge < -0.3 is 4.74 Å². The van der Waals surface area contributed by atoms with Crippen LogP contribution in [0.5, 0.6) is 5.75 Å². The molecule has 0 N–H and O–H groups in total. The molecule has 0 saturated carbocycles. The Labute approximate surface area is 260 Å². The van der Waals surface area contributed by atoms with E-state index in [2.05, 4.69) is 156 Å². The van der Waals surface area contributed by atoms with Crippen molar-refractivity contribution in [1.29, 1.82) is 0 Å². The zero-order chi connectivity index (χ0) is 30.9. The molecule has 0 saturated heterocycles. The van der Waals surface area contributed by atoms with Crippen LogP contribution in [-0.4, -0.2) is 14.0 Å². The fourth-order valence-electron chi connectivity index (χ4n) is 6.99. The third-order valence-electron chi connectivity index (χ3n) is 8.99. The lowest BCUT2D eigenvalue weighted by atomic mass is 9.65. The van der Waals surface area contributed by atoms with Crippen LogP contribution < -0.4 is 4.74 Å². The molecule has 0 aliphatic carbocycles. The lowest BCUT2D eigenvalue weighted by molar-refractivity contribution is -0.134. The second kappa shape index (κ2) is 14.5. The summed E-state index contributed by atoms with van der Waals surface area (Å²) in [6, 6.07) is 39.8. The molecule has 0 spiro atoms. The molecule has 222 valence electrons. The first-order valence-electron chi connectivity index (χ1n) is 15.7. The number of carbonyl (C=O) groups excluding carboxylic acids is 1. The van der Waals surface area contributed by atoms with E-state index < -0.39 is 13.5 Å². The van der Waals surface area contributed by atoms with E-state index in [1.54, 1.807) is 0 Å². The van der Waals surface area contributed by atoms with Crippen LogP contribution in [0.15, 0.2) is 115 Å². The molecular weight excluding hydrogens is 541 g/mol. The first kappa shape index (κ1) is 32.0. The van der Waals surface area contributed by atoms with Crippen LogP contribution in [0.25, 0.3) is 0 Å². The van der Waals surface area contributed by atoms with E-state index in [-0.39, 0.29) is 5.97 Å². The monoisotopic (exact) mass is 586 g/mol. The van der Waals surface area contributed by atoms with Gasteiger partial charge in [-0.25, -0.2) is 0 Å². The van der Waals surface area contributed by atoms with Gasteiger partial charge in [0.1, 0.15) is 13.8 Å². The largest absolute Gasteiger partial charge is 0.427 e. The van der Waals surface area contributed by atoms with Crippen LogP contribution in [-0.2, 0) is 10.2 Å². The Kier molecular flexibility index (Phi) is 10.8. The minimum atomic E-state index is -1.74. The molecule has 2 nitrogen and oxygen atoms in total. The summed E-state index contributed by atoms with van der Waals surface area (Å²) in [5.74, 6) is 3.82. The Hall–Kier alpha value is -3.87. The summed E-state index contributed by atoms with van der Waals surface area (Å²) >= 11 is 0. The lowest BCUT2D eigenvalue weighted by Gasteiger charge is -2.38. The minimum absolute atomic E-state index is 0.213. The van der Waals surface area contributed by atoms with E-state index in [4.69, 9.17) is 4.74 Å². The highest BCUT2D eigenvalue weighted by Gasteiger charge is 2.41. The summed E-state index contributed by atoms with van der Waals surface area (Å²) < 4.78 is 5.78. The van der Waals surface area contributed by atoms with Crippen LogP contribution in [0.4, 0.5) is 0 Å². The van der Waals surface area contributed by atoms with Gasteiger partial charge in [0.05, 0.1) is 5.41 Å². The number of hydrogen-bond donors (Lipinski definition) is 0. The van der Waals surface area contributed by atoms with Crippen molar-refractivity contribution in [2.75, 3.05) is 0 Å². The molecule has 0 radical (unpaired) electrons. The molecule has 4 rings (SSSR count). The van der Waals surface area contributed by atoms with Crippen LogP contribution >= 0.6 is 0 Å². The quantitative estimate of drug-likeness (QED) is 0.0436. The normalized spacial score (nSPS) is 11.8. The van der Waals surface area contributed by atoms with Gasteiger partial charge in [0.2, 0.25) is 0 Å². The van der Waals surface area contributed by atoms with Gasteiger partial charge in [0.25, 0.3) is 0 Å². The van der Waals surface area contributed by atoms with Gasteiger partial charge in [-0.15, -0.1) is 11.5 Å². The third kappa shape index (κ3) is 6.87. The number of rotatable bonds is 11. The Bertz CT molecular complexity index is 1380. The summed E-state index contributed by atoms with van der Waals surface area (Å²) in [6.07, 6.45) is 1.79. The van der Waals surface area contributed by atoms with Gasteiger partial charge in [-0.1, -0.05) is 145 Å². The molecule has 0 aliphatic rings. The zero-order valence-corrected chi connectivity index (χ0v) is 27.6. The highest BCUT2D eigenvalue weighted by atomic mass is 28.3. The SMILES string of the molecule is CC(C)[Si](C#CCCCC(=O)Oc1ccc(C(c2ccccc2)(c2ccccc2)c2ccccc2)cc1)(C(C)C)C(C)C. The lowest BCUT2D eigenvalue weighted by Crippen LogP contribution is -2.43. The second-order valence-electron chi connectivity index (χ2n) is 12.4. The van der Waals surface area contributed by atoms with E-state index in [0.717, 1.165) is 12.0 Å². The van der Waals surface area contributed by atoms with Gasteiger partial charge >= 0.3 is 5.97 Å². The molecule has 0 amide bonds. The fourth-order valence-corrected chi connectivity index (χ4v) is 12.3. The number of hydrogen-bond acceptors (Lipinski definition) is 2. The van der Waals surface area contributed by atoms with Crippen LogP contribution in [0, 0.1) is 11.5 Å². The van der Waals surface area contributed by atoms with Crippen molar-refractivity contribution >= 4 is 14.0 Å². The van der Waals surface area contributed by atoms with Gasteiger partial charge in [0.15, 0.2) is 0 Å². The molecule has 3 heteroatoms.